The molecule has 0 aromatic rings. The van der Waals surface area contributed by atoms with E-state index >= 15 is 0 Å². The maximum absolute atomic E-state index is 10.3. The van der Waals surface area contributed by atoms with Crippen molar-refractivity contribution in [2.45, 2.75) is 18.9 Å². The molecular weight excluding hydrogens is 168 g/mol. The summed E-state index contributed by atoms with van der Waals surface area (Å²) in [5, 5.41) is 3.87. The normalized spacial score (nSPS) is 10.8. The molecule has 0 saturated carbocycles. The number of hydrogen-bond donors (Lipinski definition) is 1. The third-order valence-electron chi connectivity index (χ3n) is 1.09. The van der Waals surface area contributed by atoms with Crippen molar-refractivity contribution in [2.24, 2.45) is 5.73 Å². The molecule has 0 spiro atoms. The summed E-state index contributed by atoms with van der Waals surface area (Å²) >= 11 is 0. The molecule has 74 valence electrons. The van der Waals surface area contributed by atoms with Crippen LogP contribution in [-0.4, -0.2) is 24.8 Å². The molecule has 0 rings (SSSR count). The van der Waals surface area contributed by atoms with Crippen LogP contribution in [0.5, 0.6) is 0 Å². The van der Waals surface area contributed by atoms with Gasteiger partial charge in [-0.3, -0.25) is 4.79 Å². The molecule has 0 aromatic carbocycles. The Hall–Kier alpha value is -1.29. The van der Waals surface area contributed by atoms with Crippen molar-refractivity contribution in [1.82, 2.24) is 0 Å². The molecule has 0 unspecified atom stereocenters. The highest BCUT2D eigenvalue weighted by Crippen LogP contribution is 2.02. The summed E-state index contributed by atoms with van der Waals surface area (Å²) < 4.78 is 0. The summed E-state index contributed by atoms with van der Waals surface area (Å²) in [5.41, 5.74) is 4.87. The number of carbonyl (C=O) groups excluding carboxylic acids is 2. The third kappa shape index (κ3) is 10.7. The standard InChI is InChI=1S/C7H12N2O2.C2H4/c1-2-3-9-6(5-10)4-7(8)11;1-2/h5-6H,1-4H2,(H2,8,11);1-2H2/t6-;/m1./s1. The largest absolute Gasteiger partial charge is 0.650 e. The number of rotatable bonds is 6. The number of nitrogens with zero attached hydrogens (tertiary/aromatic N) is 1. The van der Waals surface area contributed by atoms with Crippen LogP contribution in [0.1, 0.15) is 12.8 Å². The van der Waals surface area contributed by atoms with Crippen LogP contribution in [0.2, 0.25) is 0 Å². The van der Waals surface area contributed by atoms with Crippen LogP contribution < -0.4 is 5.73 Å². The summed E-state index contributed by atoms with van der Waals surface area (Å²) in [6, 6.07) is -0.575. The Balaban J connectivity index is 0. The van der Waals surface area contributed by atoms with Gasteiger partial charge in [-0.2, -0.15) is 0 Å². The molecule has 13 heavy (non-hydrogen) atoms. The summed E-state index contributed by atoms with van der Waals surface area (Å²) in [4.78, 5) is 20.5. The number of hydrogen-bond acceptors (Lipinski definition) is 2. The zero-order chi connectivity index (χ0) is 10.7. The van der Waals surface area contributed by atoms with E-state index in [0.717, 1.165) is 0 Å². The number of primary amides is 1. The van der Waals surface area contributed by atoms with Crippen molar-refractivity contribution in [3.63, 3.8) is 0 Å². The minimum absolute atomic E-state index is 0.00347. The van der Waals surface area contributed by atoms with Crippen LogP contribution in [0.4, 0.5) is 0 Å². The number of aldehydes is 1. The van der Waals surface area contributed by atoms with E-state index in [1.54, 1.807) is 0 Å². The molecule has 0 aliphatic rings. The van der Waals surface area contributed by atoms with E-state index in [1.165, 1.54) is 0 Å². The predicted molar refractivity (Wildman–Crippen MR) is 53.1 cm³/mol. The molecule has 0 radical (unpaired) electrons. The molecular formula is C9H16N2O2. The molecule has 2 N–H and O–H groups in total. The van der Waals surface area contributed by atoms with Gasteiger partial charge in [0, 0.05) is 6.42 Å². The lowest BCUT2D eigenvalue weighted by molar-refractivity contribution is -0.120. The van der Waals surface area contributed by atoms with Crippen molar-refractivity contribution in [2.75, 3.05) is 6.54 Å². The second-order valence-electron chi connectivity index (χ2n) is 2.13. The monoisotopic (exact) mass is 184 g/mol. The van der Waals surface area contributed by atoms with Gasteiger partial charge in [-0.15, -0.1) is 19.7 Å². The Morgan fingerprint density at radius 1 is 1.62 bits per heavy atom. The smallest absolute Gasteiger partial charge is 0.216 e. The molecule has 0 fully saturated rings. The zero-order valence-corrected chi connectivity index (χ0v) is 7.74. The number of amides is 1. The van der Waals surface area contributed by atoms with Gasteiger partial charge in [-0.1, -0.05) is 6.04 Å². The van der Waals surface area contributed by atoms with Gasteiger partial charge in [0.25, 0.3) is 0 Å². The molecule has 0 aromatic heterocycles. The lowest BCUT2D eigenvalue weighted by atomic mass is 10.2. The predicted octanol–water partition coefficient (Wildman–Crippen LogP) is 0.829. The fraction of sp³-hybridized carbons (Fsp3) is 0.444. The fourth-order valence-electron chi connectivity index (χ4n) is 0.619. The van der Waals surface area contributed by atoms with E-state index in [9.17, 15) is 9.59 Å². The van der Waals surface area contributed by atoms with E-state index in [1.807, 2.05) is 0 Å². The minimum atomic E-state index is -0.575. The van der Waals surface area contributed by atoms with Crippen molar-refractivity contribution in [1.29, 1.82) is 0 Å². The Bertz CT molecular complexity index is 149. The van der Waals surface area contributed by atoms with E-state index in [4.69, 9.17) is 5.73 Å². The summed E-state index contributed by atoms with van der Waals surface area (Å²) in [5.74, 6) is -0.505. The van der Waals surface area contributed by atoms with Crippen molar-refractivity contribution in [3.05, 3.63) is 25.4 Å². The van der Waals surface area contributed by atoms with Crippen LogP contribution in [0, 0.1) is 6.92 Å². The van der Waals surface area contributed by atoms with Crippen molar-refractivity contribution < 1.29 is 9.59 Å². The van der Waals surface area contributed by atoms with Gasteiger partial charge < -0.3 is 15.8 Å². The van der Waals surface area contributed by atoms with Crippen molar-refractivity contribution in [3.8, 4) is 0 Å². The highest BCUT2D eigenvalue weighted by Gasteiger charge is 1.99. The van der Waals surface area contributed by atoms with E-state index in [-0.39, 0.29) is 6.42 Å². The first kappa shape index (κ1) is 14.2. The lowest BCUT2D eigenvalue weighted by Crippen LogP contribution is -2.21. The van der Waals surface area contributed by atoms with Crippen LogP contribution in [0.15, 0.2) is 13.2 Å². The average molecular weight is 184 g/mol. The van der Waals surface area contributed by atoms with Gasteiger partial charge in [0.05, 0.1) is 13.3 Å². The number of carbonyl (C=O) groups is 2. The molecule has 1 atom stereocenters. The van der Waals surface area contributed by atoms with E-state index < -0.39 is 11.9 Å². The van der Waals surface area contributed by atoms with Crippen LogP contribution in [0.25, 0.3) is 5.32 Å². The summed E-state index contributed by atoms with van der Waals surface area (Å²) in [6.45, 7) is 10.0. The third-order valence-corrected chi connectivity index (χ3v) is 1.09. The zero-order valence-electron chi connectivity index (χ0n) is 7.74. The first-order valence-corrected chi connectivity index (χ1v) is 3.90. The molecule has 0 saturated heterocycles. The van der Waals surface area contributed by atoms with Gasteiger partial charge in [0.1, 0.15) is 6.29 Å². The second-order valence-corrected chi connectivity index (χ2v) is 2.13. The Kier molecular flexibility index (Phi) is 11.7. The topological polar surface area (TPSA) is 74.3 Å². The maximum Gasteiger partial charge on any atom is 0.216 e. The van der Waals surface area contributed by atoms with Crippen LogP contribution >= 0.6 is 0 Å². The summed E-state index contributed by atoms with van der Waals surface area (Å²) in [6.07, 6.45) is 1.26. The first-order valence-electron chi connectivity index (χ1n) is 3.90. The molecule has 0 heterocycles. The maximum atomic E-state index is 10.3. The molecule has 4 nitrogen and oxygen atoms in total. The van der Waals surface area contributed by atoms with Gasteiger partial charge >= 0.3 is 0 Å². The van der Waals surface area contributed by atoms with Gasteiger partial charge in [0.15, 0.2) is 0 Å². The van der Waals surface area contributed by atoms with Gasteiger partial charge in [0.2, 0.25) is 5.91 Å². The Morgan fingerprint density at radius 3 is 2.46 bits per heavy atom. The average Bonchev–Trinajstić information content (AvgIpc) is 2.15. The molecule has 0 bridgehead atoms. The fourth-order valence-corrected chi connectivity index (χ4v) is 0.619. The molecule has 0 aliphatic heterocycles. The highest BCUT2D eigenvalue weighted by molar-refractivity contribution is 5.79. The molecule has 0 aliphatic carbocycles. The summed E-state index contributed by atoms with van der Waals surface area (Å²) in [7, 11) is 0. The van der Waals surface area contributed by atoms with Crippen LogP contribution in [0.3, 0.4) is 0 Å². The molecule has 1 amide bonds. The highest BCUT2D eigenvalue weighted by atomic mass is 16.1. The van der Waals surface area contributed by atoms with E-state index in [0.29, 0.717) is 19.3 Å². The Morgan fingerprint density at radius 2 is 2.15 bits per heavy atom. The minimum Gasteiger partial charge on any atom is -0.650 e. The van der Waals surface area contributed by atoms with Gasteiger partial charge in [-0.25, -0.2) is 0 Å². The van der Waals surface area contributed by atoms with Crippen LogP contribution in [-0.2, 0) is 9.59 Å². The van der Waals surface area contributed by atoms with Gasteiger partial charge in [-0.05, 0) is 0 Å². The quantitative estimate of drug-likeness (QED) is 0.377. The SMILES string of the molecule is C=C.[CH2+]CC[N-][C@@H](C=O)CC(N)=O. The van der Waals surface area contributed by atoms with Crippen molar-refractivity contribution >= 4 is 12.2 Å². The lowest BCUT2D eigenvalue weighted by Gasteiger charge is -2.22. The number of nitrogens with two attached hydrogens (primary N) is 1. The first-order chi connectivity index (χ1) is 6.20. The Labute approximate surface area is 79.2 Å². The van der Waals surface area contributed by atoms with E-state index in [2.05, 4.69) is 25.4 Å². The molecule has 4 heteroatoms. The second kappa shape index (κ2) is 10.7.